The Labute approximate surface area is 253 Å². The fraction of sp³-hybridized carbons (Fsp3) is 0.424. The van der Waals surface area contributed by atoms with Crippen LogP contribution in [0.3, 0.4) is 0 Å². The van der Waals surface area contributed by atoms with Crippen molar-refractivity contribution in [1.82, 2.24) is 15.2 Å². The molecule has 0 radical (unpaired) electrons. The molecule has 1 aliphatic carbocycles. The SMILES string of the molecule is COC(=O)[C@]1(NC(=O)c2ccc(-c3ccc(C)cc3C)c(-c3ccc(Cl)c(OCCCN(C)C)c3)n2)CC[C@@H](O)CC1. The molecular formula is C33H40ClN3O5. The molecule has 0 bridgehead atoms. The zero-order valence-corrected chi connectivity index (χ0v) is 25.8. The number of aryl methyl sites for hydroxylation is 2. The molecule has 1 aromatic heterocycles. The van der Waals surface area contributed by atoms with E-state index in [-0.39, 0.29) is 18.5 Å². The topological polar surface area (TPSA) is 101 Å². The lowest BCUT2D eigenvalue weighted by atomic mass is 9.80. The van der Waals surface area contributed by atoms with Crippen molar-refractivity contribution in [2.24, 2.45) is 0 Å². The van der Waals surface area contributed by atoms with Gasteiger partial charge < -0.3 is 24.8 Å². The van der Waals surface area contributed by atoms with Gasteiger partial charge in [0.15, 0.2) is 0 Å². The number of halogens is 1. The monoisotopic (exact) mass is 593 g/mol. The second-order valence-corrected chi connectivity index (χ2v) is 11.7. The highest BCUT2D eigenvalue weighted by Gasteiger charge is 2.44. The van der Waals surface area contributed by atoms with Crippen LogP contribution in [0, 0.1) is 13.8 Å². The second kappa shape index (κ2) is 13.7. The first-order chi connectivity index (χ1) is 20.0. The van der Waals surface area contributed by atoms with Crippen molar-refractivity contribution in [2.75, 3.05) is 34.4 Å². The van der Waals surface area contributed by atoms with Crippen LogP contribution < -0.4 is 10.1 Å². The fourth-order valence-corrected chi connectivity index (χ4v) is 5.59. The van der Waals surface area contributed by atoms with Crippen molar-refractivity contribution in [3.05, 3.63) is 70.4 Å². The van der Waals surface area contributed by atoms with Gasteiger partial charge in [-0.3, -0.25) is 4.79 Å². The second-order valence-electron chi connectivity index (χ2n) is 11.3. The van der Waals surface area contributed by atoms with E-state index in [0.29, 0.717) is 35.9 Å². The number of carbonyl (C=O) groups excluding carboxylic acids is 2. The largest absolute Gasteiger partial charge is 0.492 e. The van der Waals surface area contributed by atoms with Gasteiger partial charge in [-0.05, 0) is 95.4 Å². The molecule has 4 rings (SSSR count). The molecule has 0 unspecified atom stereocenters. The summed E-state index contributed by atoms with van der Waals surface area (Å²) in [6.45, 7) is 5.49. The van der Waals surface area contributed by atoms with Gasteiger partial charge in [0.25, 0.3) is 5.91 Å². The molecule has 0 aliphatic heterocycles. The number of esters is 1. The highest BCUT2D eigenvalue weighted by Crippen LogP contribution is 2.37. The normalized spacial score (nSPS) is 18.5. The van der Waals surface area contributed by atoms with E-state index < -0.39 is 23.5 Å². The summed E-state index contributed by atoms with van der Waals surface area (Å²) in [5, 5.41) is 13.4. The van der Waals surface area contributed by atoms with Crippen LogP contribution in [0.4, 0.5) is 0 Å². The molecule has 1 saturated carbocycles. The molecular weight excluding hydrogens is 554 g/mol. The van der Waals surface area contributed by atoms with Crippen molar-refractivity contribution < 1.29 is 24.2 Å². The van der Waals surface area contributed by atoms with Gasteiger partial charge in [-0.15, -0.1) is 0 Å². The number of ether oxygens (including phenoxy) is 2. The van der Waals surface area contributed by atoms with Gasteiger partial charge in [-0.1, -0.05) is 41.4 Å². The number of aliphatic hydroxyl groups excluding tert-OH is 1. The summed E-state index contributed by atoms with van der Waals surface area (Å²) in [4.78, 5) is 33.4. The number of benzene rings is 2. The highest BCUT2D eigenvalue weighted by molar-refractivity contribution is 6.32. The highest BCUT2D eigenvalue weighted by atomic mass is 35.5. The number of aliphatic hydroxyl groups is 1. The Morgan fingerprint density at radius 3 is 2.45 bits per heavy atom. The maximum absolute atomic E-state index is 13.6. The summed E-state index contributed by atoms with van der Waals surface area (Å²) in [5.74, 6) is -0.468. The van der Waals surface area contributed by atoms with Gasteiger partial charge in [0.2, 0.25) is 0 Å². The summed E-state index contributed by atoms with van der Waals surface area (Å²) in [6.07, 6.45) is 1.68. The number of rotatable bonds is 10. The van der Waals surface area contributed by atoms with E-state index in [9.17, 15) is 14.7 Å². The van der Waals surface area contributed by atoms with E-state index >= 15 is 0 Å². The smallest absolute Gasteiger partial charge is 0.331 e. The van der Waals surface area contributed by atoms with Crippen LogP contribution in [0.5, 0.6) is 5.75 Å². The van der Waals surface area contributed by atoms with Gasteiger partial charge in [0.1, 0.15) is 17.0 Å². The van der Waals surface area contributed by atoms with E-state index in [1.54, 1.807) is 12.1 Å². The molecule has 42 heavy (non-hydrogen) atoms. The van der Waals surface area contributed by atoms with Crippen molar-refractivity contribution in [1.29, 1.82) is 0 Å². The molecule has 1 aliphatic rings. The summed E-state index contributed by atoms with van der Waals surface area (Å²) in [7, 11) is 5.33. The number of amides is 1. The fourth-order valence-electron chi connectivity index (χ4n) is 5.42. The third-order valence-corrected chi connectivity index (χ3v) is 8.06. The number of pyridine rings is 1. The molecule has 2 N–H and O–H groups in total. The van der Waals surface area contributed by atoms with Crippen LogP contribution in [-0.4, -0.2) is 72.9 Å². The van der Waals surface area contributed by atoms with Crippen molar-refractivity contribution >= 4 is 23.5 Å². The minimum absolute atomic E-state index is 0.163. The number of aromatic nitrogens is 1. The van der Waals surface area contributed by atoms with Crippen molar-refractivity contribution in [3.8, 4) is 28.1 Å². The first-order valence-electron chi connectivity index (χ1n) is 14.3. The van der Waals surface area contributed by atoms with Gasteiger partial charge in [0.05, 0.1) is 30.5 Å². The van der Waals surface area contributed by atoms with E-state index in [2.05, 4.69) is 22.3 Å². The Balaban J connectivity index is 1.74. The molecule has 0 atom stereocenters. The van der Waals surface area contributed by atoms with Crippen molar-refractivity contribution in [2.45, 2.75) is 57.6 Å². The quantitative estimate of drug-likeness (QED) is 0.233. The van der Waals surface area contributed by atoms with Gasteiger partial charge in [-0.25, -0.2) is 9.78 Å². The zero-order valence-electron chi connectivity index (χ0n) is 25.0. The summed E-state index contributed by atoms with van der Waals surface area (Å²) in [5.41, 5.74) is 4.36. The van der Waals surface area contributed by atoms with Crippen LogP contribution in [0.1, 0.15) is 53.7 Å². The minimum atomic E-state index is -1.22. The Morgan fingerprint density at radius 1 is 1.07 bits per heavy atom. The number of hydrogen-bond acceptors (Lipinski definition) is 7. The van der Waals surface area contributed by atoms with Crippen LogP contribution in [0.15, 0.2) is 48.5 Å². The first kappa shape index (κ1) is 31.5. The average Bonchev–Trinajstić information content (AvgIpc) is 2.96. The number of carbonyl (C=O) groups is 2. The number of nitrogens with one attached hydrogen (secondary N) is 1. The molecule has 1 fully saturated rings. The summed E-state index contributed by atoms with van der Waals surface area (Å²) in [6, 6.07) is 15.3. The molecule has 224 valence electrons. The Kier molecular flexibility index (Phi) is 10.2. The van der Waals surface area contributed by atoms with Crippen LogP contribution in [-0.2, 0) is 9.53 Å². The van der Waals surface area contributed by atoms with Crippen LogP contribution >= 0.6 is 11.6 Å². The third kappa shape index (κ3) is 7.30. The lowest BCUT2D eigenvalue weighted by Crippen LogP contribution is -2.57. The standard InChI is InChI=1S/C33H40ClN3O5/c1-21-7-9-25(22(2)19-21)26-10-12-28(31(39)36-33(32(40)41-5)15-13-24(38)14-16-33)35-30(26)23-8-11-27(34)29(20-23)42-18-6-17-37(3)4/h7-12,19-20,24,38H,6,13-18H2,1-5H3,(H,36,39)/t24-,33+. The van der Waals surface area contributed by atoms with Gasteiger partial charge >= 0.3 is 5.97 Å². The van der Waals surface area contributed by atoms with Crippen molar-refractivity contribution in [3.63, 3.8) is 0 Å². The van der Waals surface area contributed by atoms with Crippen LogP contribution in [0.25, 0.3) is 22.4 Å². The van der Waals surface area contributed by atoms with E-state index in [0.717, 1.165) is 40.8 Å². The minimum Gasteiger partial charge on any atom is -0.492 e. The molecule has 1 amide bonds. The Morgan fingerprint density at radius 2 is 1.79 bits per heavy atom. The van der Waals surface area contributed by atoms with E-state index in [1.807, 2.05) is 52.2 Å². The predicted molar refractivity (Wildman–Crippen MR) is 165 cm³/mol. The third-order valence-electron chi connectivity index (χ3n) is 7.75. The summed E-state index contributed by atoms with van der Waals surface area (Å²) >= 11 is 6.50. The molecule has 1 heterocycles. The Bertz CT molecular complexity index is 1430. The van der Waals surface area contributed by atoms with E-state index in [4.69, 9.17) is 26.1 Å². The predicted octanol–water partition coefficient (Wildman–Crippen LogP) is 5.59. The lowest BCUT2D eigenvalue weighted by Gasteiger charge is -2.36. The maximum Gasteiger partial charge on any atom is 0.331 e. The molecule has 3 aromatic rings. The molecule has 8 nitrogen and oxygen atoms in total. The Hall–Kier alpha value is -3.46. The van der Waals surface area contributed by atoms with Crippen LogP contribution in [0.2, 0.25) is 5.02 Å². The molecule has 9 heteroatoms. The molecule has 0 saturated heterocycles. The average molecular weight is 594 g/mol. The number of nitrogens with zero attached hydrogens (tertiary/aromatic N) is 2. The number of hydrogen-bond donors (Lipinski definition) is 2. The van der Waals surface area contributed by atoms with Gasteiger partial charge in [-0.2, -0.15) is 0 Å². The first-order valence-corrected chi connectivity index (χ1v) is 14.7. The van der Waals surface area contributed by atoms with Gasteiger partial charge in [0, 0.05) is 17.7 Å². The zero-order chi connectivity index (χ0) is 30.4. The maximum atomic E-state index is 13.6. The molecule has 0 spiro atoms. The lowest BCUT2D eigenvalue weighted by molar-refractivity contribution is -0.150. The molecule has 2 aromatic carbocycles. The summed E-state index contributed by atoms with van der Waals surface area (Å²) < 4.78 is 11.1. The number of methoxy groups -OCH3 is 1. The van der Waals surface area contributed by atoms with E-state index in [1.165, 1.54) is 7.11 Å².